The number of nitrogens with zero attached hydrogens (tertiary/aromatic N) is 2. The molecular weight excluding hydrogens is 741 g/mol. The van der Waals surface area contributed by atoms with E-state index in [-0.39, 0.29) is 0 Å². The van der Waals surface area contributed by atoms with Crippen molar-refractivity contribution in [1.82, 2.24) is 4.57 Å². The zero-order valence-corrected chi connectivity index (χ0v) is 33.2. The highest BCUT2D eigenvalue weighted by atomic mass is 16.3. The van der Waals surface area contributed by atoms with Gasteiger partial charge in [0, 0.05) is 49.4 Å². The van der Waals surface area contributed by atoms with Gasteiger partial charge < -0.3 is 13.9 Å². The van der Waals surface area contributed by atoms with Crippen LogP contribution in [0, 0.1) is 0 Å². The van der Waals surface area contributed by atoms with Crippen LogP contribution in [0.5, 0.6) is 0 Å². The predicted molar refractivity (Wildman–Crippen MR) is 257 cm³/mol. The Labute approximate surface area is 353 Å². The smallest absolute Gasteiger partial charge is 0.143 e. The van der Waals surface area contributed by atoms with Crippen LogP contribution in [-0.4, -0.2) is 4.57 Å². The van der Waals surface area contributed by atoms with E-state index in [4.69, 9.17) is 4.42 Å². The first-order chi connectivity index (χ1) is 30.3. The van der Waals surface area contributed by atoms with Crippen molar-refractivity contribution in [1.29, 1.82) is 0 Å². The number of anilines is 3. The number of aromatic nitrogens is 1. The van der Waals surface area contributed by atoms with Crippen LogP contribution >= 0.6 is 0 Å². The van der Waals surface area contributed by atoms with Gasteiger partial charge in [-0.05, 0) is 88.3 Å². The lowest BCUT2D eigenvalue weighted by Crippen LogP contribution is -2.10. The van der Waals surface area contributed by atoms with Gasteiger partial charge in [0.1, 0.15) is 11.2 Å². The highest BCUT2D eigenvalue weighted by Gasteiger charge is 2.19. The molecule has 3 heteroatoms. The molecule has 12 rings (SSSR count). The third-order valence-corrected chi connectivity index (χ3v) is 12.2. The molecule has 2 aromatic heterocycles. The van der Waals surface area contributed by atoms with Gasteiger partial charge in [-0.1, -0.05) is 170 Å². The Balaban J connectivity index is 0.968. The average Bonchev–Trinajstić information content (AvgIpc) is 3.88. The van der Waals surface area contributed by atoms with Gasteiger partial charge in [-0.15, -0.1) is 0 Å². The number of hydrogen-bond donors (Lipinski definition) is 0. The van der Waals surface area contributed by atoms with Crippen LogP contribution < -0.4 is 4.90 Å². The molecule has 0 bridgehead atoms. The number of para-hydroxylation sites is 5. The minimum absolute atomic E-state index is 0.904. The van der Waals surface area contributed by atoms with Crippen molar-refractivity contribution in [2.24, 2.45) is 0 Å². The molecule has 61 heavy (non-hydrogen) atoms. The van der Waals surface area contributed by atoms with E-state index in [1.165, 1.54) is 43.7 Å². The molecule has 0 unspecified atom stereocenters. The van der Waals surface area contributed by atoms with Gasteiger partial charge in [-0.25, -0.2) is 0 Å². The molecule has 0 aliphatic carbocycles. The van der Waals surface area contributed by atoms with Crippen LogP contribution in [0.25, 0.3) is 93.6 Å². The Morgan fingerprint density at radius 1 is 0.344 bits per heavy atom. The fourth-order valence-corrected chi connectivity index (χ4v) is 9.38. The number of benzene rings is 10. The Hall–Kier alpha value is -8.14. The van der Waals surface area contributed by atoms with Gasteiger partial charge in [0.15, 0.2) is 0 Å². The van der Waals surface area contributed by atoms with Crippen LogP contribution in [0.1, 0.15) is 0 Å². The van der Waals surface area contributed by atoms with Crippen LogP contribution in [0.4, 0.5) is 17.1 Å². The summed E-state index contributed by atoms with van der Waals surface area (Å²) in [6.07, 6.45) is 0. The Kier molecular flexibility index (Phi) is 8.17. The SMILES string of the molecule is c1cc(-c2cccc(N(c3ccc(-c4cccc5c4oc4ccccc45)cc3)c3cccc4ccccc34)c2)cc(-c2ccccc2-n2c3ccccc3c3ccccc32)c1. The van der Waals surface area contributed by atoms with Gasteiger partial charge in [-0.2, -0.15) is 0 Å². The molecule has 0 radical (unpaired) electrons. The summed E-state index contributed by atoms with van der Waals surface area (Å²) in [5, 5.41) is 7.17. The predicted octanol–water partition coefficient (Wildman–Crippen LogP) is 16.3. The minimum Gasteiger partial charge on any atom is -0.455 e. The second-order valence-electron chi connectivity index (χ2n) is 15.7. The lowest BCUT2D eigenvalue weighted by atomic mass is 9.97. The van der Waals surface area contributed by atoms with Gasteiger partial charge in [0.25, 0.3) is 0 Å². The Bertz CT molecular complexity index is 3550. The molecule has 0 fully saturated rings. The second-order valence-corrected chi connectivity index (χ2v) is 15.7. The van der Waals surface area contributed by atoms with E-state index in [9.17, 15) is 0 Å². The molecule has 10 aromatic carbocycles. The monoisotopic (exact) mass is 778 g/mol. The highest BCUT2D eigenvalue weighted by Crippen LogP contribution is 2.43. The largest absolute Gasteiger partial charge is 0.455 e. The standard InChI is InChI=1S/C58H38N2O/c1-2-21-46-39(15-1)16-13-31-53(46)59(44-35-33-40(34-36-44)48-26-14-27-52-51-25-6-10-32-57(51)61-58(48)52)45-20-12-18-42(38-45)41-17-11-19-43(37-41)47-22-3-7-28-54(47)60-55-29-8-4-23-49(55)50-24-5-9-30-56(50)60/h1-38H. The molecule has 286 valence electrons. The molecular formula is C58H38N2O. The van der Waals surface area contributed by atoms with Gasteiger partial charge in [0.2, 0.25) is 0 Å². The summed E-state index contributed by atoms with van der Waals surface area (Å²) in [5.74, 6) is 0. The van der Waals surface area contributed by atoms with Crippen molar-refractivity contribution in [3.63, 3.8) is 0 Å². The lowest BCUT2D eigenvalue weighted by Gasteiger charge is -2.27. The molecule has 0 saturated carbocycles. The van der Waals surface area contributed by atoms with Crippen LogP contribution in [0.15, 0.2) is 235 Å². The quantitative estimate of drug-likeness (QED) is 0.161. The summed E-state index contributed by atoms with van der Waals surface area (Å²) < 4.78 is 8.86. The van der Waals surface area contributed by atoms with Crippen molar-refractivity contribution in [3.05, 3.63) is 231 Å². The van der Waals surface area contributed by atoms with Crippen molar-refractivity contribution >= 4 is 71.6 Å². The van der Waals surface area contributed by atoms with Gasteiger partial charge >= 0.3 is 0 Å². The van der Waals surface area contributed by atoms with Crippen LogP contribution in [0.3, 0.4) is 0 Å². The summed E-state index contributed by atoms with van der Waals surface area (Å²) in [7, 11) is 0. The number of fused-ring (bicyclic) bond motifs is 7. The Morgan fingerprint density at radius 2 is 0.918 bits per heavy atom. The first kappa shape index (κ1) is 34.9. The van der Waals surface area contributed by atoms with E-state index in [0.29, 0.717) is 0 Å². The molecule has 0 amide bonds. The molecule has 0 spiro atoms. The molecule has 0 saturated heterocycles. The maximum absolute atomic E-state index is 6.44. The summed E-state index contributed by atoms with van der Waals surface area (Å²) in [4.78, 5) is 2.39. The average molecular weight is 779 g/mol. The van der Waals surface area contributed by atoms with Crippen molar-refractivity contribution in [3.8, 4) is 39.1 Å². The van der Waals surface area contributed by atoms with E-state index in [1.54, 1.807) is 0 Å². The van der Waals surface area contributed by atoms with Crippen molar-refractivity contribution < 1.29 is 4.42 Å². The molecule has 0 aliphatic rings. The lowest BCUT2D eigenvalue weighted by molar-refractivity contribution is 0.670. The highest BCUT2D eigenvalue weighted by molar-refractivity contribution is 6.11. The van der Waals surface area contributed by atoms with Gasteiger partial charge in [0.05, 0.1) is 22.4 Å². The number of hydrogen-bond acceptors (Lipinski definition) is 2. The maximum Gasteiger partial charge on any atom is 0.143 e. The summed E-state index contributed by atoms with van der Waals surface area (Å²) in [6.45, 7) is 0. The van der Waals surface area contributed by atoms with E-state index in [2.05, 4.69) is 228 Å². The summed E-state index contributed by atoms with van der Waals surface area (Å²) in [5.41, 5.74) is 15.5. The fourth-order valence-electron chi connectivity index (χ4n) is 9.38. The molecule has 0 aliphatic heterocycles. The van der Waals surface area contributed by atoms with Crippen molar-refractivity contribution in [2.45, 2.75) is 0 Å². The van der Waals surface area contributed by atoms with E-state index in [1.807, 2.05) is 12.1 Å². The molecule has 0 N–H and O–H groups in total. The molecule has 12 aromatic rings. The summed E-state index contributed by atoms with van der Waals surface area (Å²) in [6, 6.07) is 82.9. The normalized spacial score (nSPS) is 11.6. The summed E-state index contributed by atoms with van der Waals surface area (Å²) >= 11 is 0. The maximum atomic E-state index is 6.44. The first-order valence-electron chi connectivity index (χ1n) is 20.8. The molecule has 2 heterocycles. The van der Waals surface area contributed by atoms with Gasteiger partial charge in [-0.3, -0.25) is 0 Å². The zero-order chi connectivity index (χ0) is 40.3. The van der Waals surface area contributed by atoms with E-state index >= 15 is 0 Å². The van der Waals surface area contributed by atoms with Crippen LogP contribution in [-0.2, 0) is 0 Å². The van der Waals surface area contributed by atoms with Crippen LogP contribution in [0.2, 0.25) is 0 Å². The first-order valence-corrected chi connectivity index (χ1v) is 20.8. The topological polar surface area (TPSA) is 21.3 Å². The van der Waals surface area contributed by atoms with Crippen molar-refractivity contribution in [2.75, 3.05) is 4.90 Å². The number of furan rings is 1. The molecule has 0 atom stereocenters. The third kappa shape index (κ3) is 5.82. The second kappa shape index (κ2) is 14.3. The van der Waals surface area contributed by atoms with E-state index < -0.39 is 0 Å². The third-order valence-electron chi connectivity index (χ3n) is 12.2. The molecule has 3 nitrogen and oxygen atoms in total. The fraction of sp³-hybridized carbons (Fsp3) is 0. The number of rotatable bonds is 7. The minimum atomic E-state index is 0.904. The van der Waals surface area contributed by atoms with E-state index in [0.717, 1.165) is 66.9 Å². The zero-order valence-electron chi connectivity index (χ0n) is 33.2. The Morgan fingerprint density at radius 3 is 1.74 bits per heavy atom.